The van der Waals surface area contributed by atoms with Crippen molar-refractivity contribution in [2.45, 2.75) is 26.7 Å². The van der Waals surface area contributed by atoms with Crippen LogP contribution in [0.25, 0.3) is 10.8 Å². The highest BCUT2D eigenvalue weighted by atomic mass is 32.1. The Kier molecular flexibility index (Phi) is 6.07. The number of hydrogen-bond donors (Lipinski definition) is 1. The van der Waals surface area contributed by atoms with Gasteiger partial charge >= 0.3 is 0 Å². The quantitative estimate of drug-likeness (QED) is 0.651. The van der Waals surface area contributed by atoms with Crippen molar-refractivity contribution in [3.8, 4) is 16.5 Å². The number of carbonyl (C=O) groups is 1. The Labute approximate surface area is 157 Å². The molecule has 0 saturated heterocycles. The number of benzene rings is 1. The van der Waals surface area contributed by atoms with Gasteiger partial charge in [0.25, 0.3) is 0 Å². The molecule has 0 aliphatic rings. The molecule has 3 rings (SSSR count). The number of hydrogen-bond acceptors (Lipinski definition) is 5. The average Bonchev–Trinajstić information content (AvgIpc) is 3.27. The van der Waals surface area contributed by atoms with E-state index in [0.717, 1.165) is 27.6 Å². The van der Waals surface area contributed by atoms with Gasteiger partial charge in [-0.25, -0.2) is 4.98 Å². The molecular formula is C20H22N2O3S. The van der Waals surface area contributed by atoms with E-state index in [1.807, 2.05) is 55.6 Å². The topological polar surface area (TPSA) is 64.4 Å². The molecule has 1 aromatic carbocycles. The van der Waals surface area contributed by atoms with E-state index in [-0.39, 0.29) is 5.91 Å². The molecule has 2 heterocycles. The van der Waals surface area contributed by atoms with E-state index >= 15 is 0 Å². The lowest BCUT2D eigenvalue weighted by Gasteiger charge is -2.06. The number of rotatable bonds is 8. The van der Waals surface area contributed by atoms with Gasteiger partial charge in [-0.3, -0.25) is 4.79 Å². The Morgan fingerprint density at radius 1 is 1.27 bits per heavy atom. The van der Waals surface area contributed by atoms with Crippen LogP contribution in [0.5, 0.6) is 5.75 Å². The summed E-state index contributed by atoms with van der Waals surface area (Å²) >= 11 is 1.60. The summed E-state index contributed by atoms with van der Waals surface area (Å²) in [7, 11) is 0. The van der Waals surface area contributed by atoms with Crippen molar-refractivity contribution < 1.29 is 13.9 Å². The van der Waals surface area contributed by atoms with Gasteiger partial charge in [0, 0.05) is 13.0 Å². The normalized spacial score (nSPS) is 10.7. The SMILES string of the molecule is CCOc1ccc(CC(=O)NCCc2nc(-c3cccs3)oc2C)cc1. The molecule has 0 atom stereocenters. The summed E-state index contributed by atoms with van der Waals surface area (Å²) in [5, 5.41) is 4.94. The standard InChI is InChI=1S/C20H22N2O3S/c1-3-24-16-8-6-15(7-9-16)13-19(23)21-11-10-17-14(2)25-20(22-17)18-5-4-12-26-18/h4-9,12H,3,10-11,13H2,1-2H3,(H,21,23). The summed E-state index contributed by atoms with van der Waals surface area (Å²) in [6.45, 7) is 5.02. The van der Waals surface area contributed by atoms with Crippen molar-refractivity contribution in [1.29, 1.82) is 0 Å². The third-order valence-electron chi connectivity index (χ3n) is 3.91. The Morgan fingerprint density at radius 3 is 2.77 bits per heavy atom. The third-order valence-corrected chi connectivity index (χ3v) is 4.77. The molecule has 6 heteroatoms. The van der Waals surface area contributed by atoms with Crippen molar-refractivity contribution in [2.75, 3.05) is 13.2 Å². The van der Waals surface area contributed by atoms with Crippen LogP contribution in [0, 0.1) is 6.92 Å². The number of thiophene rings is 1. The summed E-state index contributed by atoms with van der Waals surface area (Å²) in [5.74, 6) is 2.26. The fraction of sp³-hybridized carbons (Fsp3) is 0.300. The average molecular weight is 370 g/mol. The Hall–Kier alpha value is -2.60. The number of oxazole rings is 1. The summed E-state index contributed by atoms with van der Waals surface area (Å²) in [5.41, 5.74) is 1.85. The second kappa shape index (κ2) is 8.67. The molecule has 26 heavy (non-hydrogen) atoms. The van der Waals surface area contributed by atoms with E-state index in [1.54, 1.807) is 11.3 Å². The molecule has 2 aromatic heterocycles. The zero-order valence-corrected chi connectivity index (χ0v) is 15.8. The first-order valence-corrected chi connectivity index (χ1v) is 9.52. The first-order valence-electron chi connectivity index (χ1n) is 8.64. The maximum absolute atomic E-state index is 12.1. The predicted molar refractivity (Wildman–Crippen MR) is 103 cm³/mol. The minimum absolute atomic E-state index is 0.00575. The van der Waals surface area contributed by atoms with Crippen LogP contribution in [-0.4, -0.2) is 24.0 Å². The number of aromatic nitrogens is 1. The van der Waals surface area contributed by atoms with Crippen LogP contribution in [0.1, 0.15) is 23.9 Å². The molecule has 0 unspecified atom stereocenters. The van der Waals surface area contributed by atoms with Crippen molar-refractivity contribution in [2.24, 2.45) is 0 Å². The lowest BCUT2D eigenvalue weighted by Crippen LogP contribution is -2.27. The van der Waals surface area contributed by atoms with Gasteiger partial charge in [0.15, 0.2) is 0 Å². The monoisotopic (exact) mass is 370 g/mol. The molecule has 0 bridgehead atoms. The van der Waals surface area contributed by atoms with Crippen LogP contribution in [0.4, 0.5) is 0 Å². The van der Waals surface area contributed by atoms with Gasteiger partial charge in [-0.1, -0.05) is 18.2 Å². The zero-order chi connectivity index (χ0) is 18.4. The minimum Gasteiger partial charge on any atom is -0.494 e. The lowest BCUT2D eigenvalue weighted by molar-refractivity contribution is -0.120. The number of nitrogens with one attached hydrogen (secondary N) is 1. The second-order valence-corrected chi connectivity index (χ2v) is 6.80. The van der Waals surface area contributed by atoms with Crippen LogP contribution in [0.3, 0.4) is 0 Å². The Bertz CT molecular complexity index is 839. The van der Waals surface area contributed by atoms with Gasteiger partial charge in [0.2, 0.25) is 11.8 Å². The van der Waals surface area contributed by atoms with E-state index in [9.17, 15) is 4.79 Å². The Morgan fingerprint density at radius 2 is 2.08 bits per heavy atom. The van der Waals surface area contributed by atoms with E-state index in [0.29, 0.717) is 31.9 Å². The molecule has 5 nitrogen and oxygen atoms in total. The molecule has 0 saturated carbocycles. The summed E-state index contributed by atoms with van der Waals surface area (Å²) in [4.78, 5) is 17.7. The maximum Gasteiger partial charge on any atom is 0.236 e. The van der Waals surface area contributed by atoms with Gasteiger partial charge in [-0.15, -0.1) is 11.3 Å². The van der Waals surface area contributed by atoms with Crippen LogP contribution in [0.2, 0.25) is 0 Å². The number of nitrogens with zero attached hydrogens (tertiary/aromatic N) is 1. The van der Waals surface area contributed by atoms with E-state index < -0.39 is 0 Å². The van der Waals surface area contributed by atoms with E-state index in [2.05, 4.69) is 10.3 Å². The molecule has 0 aliphatic heterocycles. The number of ether oxygens (including phenoxy) is 1. The smallest absolute Gasteiger partial charge is 0.236 e. The van der Waals surface area contributed by atoms with Crippen molar-refractivity contribution in [3.05, 3.63) is 58.8 Å². The molecule has 3 aromatic rings. The van der Waals surface area contributed by atoms with Gasteiger partial charge in [0.1, 0.15) is 11.5 Å². The highest BCUT2D eigenvalue weighted by molar-refractivity contribution is 7.13. The molecule has 136 valence electrons. The van der Waals surface area contributed by atoms with Crippen LogP contribution in [0.15, 0.2) is 46.2 Å². The first-order chi connectivity index (χ1) is 12.7. The zero-order valence-electron chi connectivity index (χ0n) is 15.0. The van der Waals surface area contributed by atoms with Crippen LogP contribution in [-0.2, 0) is 17.6 Å². The van der Waals surface area contributed by atoms with Crippen LogP contribution >= 0.6 is 11.3 Å². The van der Waals surface area contributed by atoms with Gasteiger partial charge in [-0.2, -0.15) is 0 Å². The molecule has 0 spiro atoms. The van der Waals surface area contributed by atoms with Crippen LogP contribution < -0.4 is 10.1 Å². The predicted octanol–water partition coefficient (Wildman–Crippen LogP) is 4.01. The summed E-state index contributed by atoms with van der Waals surface area (Å²) in [6.07, 6.45) is 1.00. The van der Waals surface area contributed by atoms with Gasteiger partial charge < -0.3 is 14.5 Å². The van der Waals surface area contributed by atoms with Crippen molar-refractivity contribution in [3.63, 3.8) is 0 Å². The van der Waals surface area contributed by atoms with Gasteiger partial charge in [-0.05, 0) is 43.0 Å². The highest BCUT2D eigenvalue weighted by Crippen LogP contribution is 2.25. The molecule has 1 N–H and O–H groups in total. The maximum atomic E-state index is 12.1. The highest BCUT2D eigenvalue weighted by Gasteiger charge is 2.12. The minimum atomic E-state index is -0.00575. The summed E-state index contributed by atoms with van der Waals surface area (Å²) in [6, 6.07) is 11.6. The second-order valence-electron chi connectivity index (χ2n) is 5.85. The molecule has 0 aliphatic carbocycles. The summed E-state index contributed by atoms with van der Waals surface area (Å²) < 4.78 is 11.1. The third kappa shape index (κ3) is 4.73. The van der Waals surface area contributed by atoms with Crippen molar-refractivity contribution >= 4 is 17.2 Å². The number of amides is 1. The number of aryl methyl sites for hydroxylation is 1. The number of carbonyl (C=O) groups excluding carboxylic acids is 1. The first kappa shape index (κ1) is 18.2. The van der Waals surface area contributed by atoms with Gasteiger partial charge in [0.05, 0.1) is 23.6 Å². The molecule has 1 amide bonds. The molecule has 0 radical (unpaired) electrons. The van der Waals surface area contributed by atoms with Crippen molar-refractivity contribution in [1.82, 2.24) is 10.3 Å². The largest absolute Gasteiger partial charge is 0.494 e. The fourth-order valence-corrected chi connectivity index (χ4v) is 3.25. The van der Waals surface area contributed by atoms with E-state index in [4.69, 9.17) is 9.15 Å². The Balaban J connectivity index is 1.48. The lowest BCUT2D eigenvalue weighted by atomic mass is 10.1. The fourth-order valence-electron chi connectivity index (χ4n) is 2.60. The molecule has 0 fully saturated rings. The molecular weight excluding hydrogens is 348 g/mol. The van der Waals surface area contributed by atoms with E-state index in [1.165, 1.54) is 0 Å².